The first kappa shape index (κ1) is 18.5. The zero-order valence-corrected chi connectivity index (χ0v) is 15.9. The molecule has 3 heterocycles. The molecule has 0 atom stereocenters. The molecule has 0 aliphatic rings. The van der Waals surface area contributed by atoms with Crippen LogP contribution in [0.2, 0.25) is 0 Å². The standard InChI is InChI=1S/C22H20N4O3/c1-25(15-16-8-3-2-4-9-16)22(28)20-24-19(18-11-5-6-12-26(18)20)21(27)23-14-17-10-7-13-29-17/h2-13H,14-15H2,1H3,(H,23,27). The Labute approximate surface area is 167 Å². The quantitative estimate of drug-likeness (QED) is 0.550. The Morgan fingerprint density at radius 1 is 1.07 bits per heavy atom. The van der Waals surface area contributed by atoms with Crippen molar-refractivity contribution in [2.75, 3.05) is 7.05 Å². The summed E-state index contributed by atoms with van der Waals surface area (Å²) in [6.45, 7) is 0.691. The lowest BCUT2D eigenvalue weighted by atomic mass is 10.2. The fraction of sp³-hybridized carbons (Fsp3) is 0.136. The van der Waals surface area contributed by atoms with Crippen molar-refractivity contribution in [2.45, 2.75) is 13.1 Å². The van der Waals surface area contributed by atoms with Gasteiger partial charge in [-0.15, -0.1) is 0 Å². The molecule has 0 spiro atoms. The van der Waals surface area contributed by atoms with Crippen LogP contribution in [0.3, 0.4) is 0 Å². The van der Waals surface area contributed by atoms with Crippen LogP contribution < -0.4 is 5.32 Å². The van der Waals surface area contributed by atoms with Crippen LogP contribution in [0, 0.1) is 0 Å². The molecule has 0 aliphatic heterocycles. The normalized spacial score (nSPS) is 10.8. The minimum Gasteiger partial charge on any atom is -0.467 e. The smallest absolute Gasteiger partial charge is 0.290 e. The summed E-state index contributed by atoms with van der Waals surface area (Å²) < 4.78 is 6.88. The van der Waals surface area contributed by atoms with Gasteiger partial charge in [-0.1, -0.05) is 36.4 Å². The van der Waals surface area contributed by atoms with Gasteiger partial charge in [-0.3, -0.25) is 14.0 Å². The van der Waals surface area contributed by atoms with Crippen LogP contribution in [-0.4, -0.2) is 33.1 Å². The number of carbonyl (C=O) groups is 2. The van der Waals surface area contributed by atoms with Crippen LogP contribution >= 0.6 is 0 Å². The van der Waals surface area contributed by atoms with Crippen molar-refractivity contribution in [3.05, 3.63) is 96.0 Å². The first-order valence-electron chi connectivity index (χ1n) is 9.20. The summed E-state index contributed by atoms with van der Waals surface area (Å²) in [6.07, 6.45) is 3.28. The van der Waals surface area contributed by atoms with E-state index < -0.39 is 0 Å². The van der Waals surface area contributed by atoms with E-state index in [1.54, 1.807) is 53.1 Å². The highest BCUT2D eigenvalue weighted by Crippen LogP contribution is 2.16. The molecule has 1 N–H and O–H groups in total. The van der Waals surface area contributed by atoms with E-state index in [1.165, 1.54) is 0 Å². The predicted octanol–water partition coefficient (Wildman–Crippen LogP) is 3.13. The number of amides is 2. The van der Waals surface area contributed by atoms with E-state index in [4.69, 9.17) is 4.42 Å². The van der Waals surface area contributed by atoms with Gasteiger partial charge in [0.25, 0.3) is 11.8 Å². The average molecular weight is 388 g/mol. The molecule has 146 valence electrons. The van der Waals surface area contributed by atoms with Gasteiger partial charge in [-0.2, -0.15) is 0 Å². The Bertz CT molecular complexity index is 1130. The maximum atomic E-state index is 13.0. The monoisotopic (exact) mass is 388 g/mol. The van der Waals surface area contributed by atoms with E-state index in [9.17, 15) is 9.59 Å². The van der Waals surface area contributed by atoms with Gasteiger partial charge < -0.3 is 14.6 Å². The molecule has 7 nitrogen and oxygen atoms in total. The highest BCUT2D eigenvalue weighted by atomic mass is 16.3. The van der Waals surface area contributed by atoms with Crippen LogP contribution in [0.4, 0.5) is 0 Å². The zero-order chi connectivity index (χ0) is 20.2. The first-order valence-corrected chi connectivity index (χ1v) is 9.20. The number of carbonyl (C=O) groups excluding carboxylic acids is 2. The van der Waals surface area contributed by atoms with Gasteiger partial charge >= 0.3 is 0 Å². The van der Waals surface area contributed by atoms with E-state index in [1.807, 2.05) is 36.4 Å². The number of aromatic nitrogens is 2. The summed E-state index contributed by atoms with van der Waals surface area (Å²) in [5.74, 6) is 0.206. The average Bonchev–Trinajstić information content (AvgIpc) is 3.40. The van der Waals surface area contributed by atoms with Gasteiger partial charge in [0.15, 0.2) is 5.69 Å². The van der Waals surface area contributed by atoms with E-state index >= 15 is 0 Å². The Morgan fingerprint density at radius 3 is 2.62 bits per heavy atom. The van der Waals surface area contributed by atoms with E-state index in [0.717, 1.165) is 5.56 Å². The lowest BCUT2D eigenvalue weighted by Crippen LogP contribution is -2.28. The number of furan rings is 1. The molecular formula is C22H20N4O3. The number of benzene rings is 1. The Morgan fingerprint density at radius 2 is 1.86 bits per heavy atom. The van der Waals surface area contributed by atoms with Crippen molar-refractivity contribution in [1.29, 1.82) is 0 Å². The lowest BCUT2D eigenvalue weighted by Gasteiger charge is -2.16. The van der Waals surface area contributed by atoms with Gasteiger partial charge in [0.2, 0.25) is 5.82 Å². The predicted molar refractivity (Wildman–Crippen MR) is 107 cm³/mol. The van der Waals surface area contributed by atoms with Crippen molar-refractivity contribution < 1.29 is 14.0 Å². The van der Waals surface area contributed by atoms with Crippen molar-refractivity contribution in [3.63, 3.8) is 0 Å². The Balaban J connectivity index is 1.59. The molecule has 0 unspecified atom stereocenters. The summed E-state index contributed by atoms with van der Waals surface area (Å²) in [7, 11) is 1.72. The van der Waals surface area contributed by atoms with Crippen LogP contribution in [0.1, 0.15) is 32.4 Å². The van der Waals surface area contributed by atoms with Gasteiger partial charge in [-0.25, -0.2) is 4.98 Å². The third kappa shape index (κ3) is 3.89. The first-order chi connectivity index (χ1) is 14.1. The number of imidazole rings is 1. The number of pyridine rings is 1. The maximum absolute atomic E-state index is 13.0. The third-order valence-electron chi connectivity index (χ3n) is 4.57. The fourth-order valence-electron chi connectivity index (χ4n) is 3.12. The second-order valence-electron chi connectivity index (χ2n) is 6.65. The van der Waals surface area contributed by atoms with Crippen LogP contribution in [0.25, 0.3) is 5.52 Å². The highest BCUT2D eigenvalue weighted by molar-refractivity contribution is 6.02. The highest BCUT2D eigenvalue weighted by Gasteiger charge is 2.23. The summed E-state index contributed by atoms with van der Waals surface area (Å²) in [4.78, 5) is 31.7. The van der Waals surface area contributed by atoms with E-state index in [-0.39, 0.29) is 29.9 Å². The molecule has 0 saturated heterocycles. The molecule has 4 rings (SSSR count). The molecule has 0 fully saturated rings. The molecule has 0 bridgehead atoms. The fourth-order valence-corrected chi connectivity index (χ4v) is 3.12. The topological polar surface area (TPSA) is 79.8 Å². The van der Waals surface area contributed by atoms with Crippen molar-refractivity contribution in [2.24, 2.45) is 0 Å². The van der Waals surface area contributed by atoms with E-state index in [0.29, 0.717) is 17.8 Å². The largest absolute Gasteiger partial charge is 0.467 e. The SMILES string of the molecule is CN(Cc1ccccc1)C(=O)c1nc(C(=O)NCc2ccco2)c2ccccn12. The molecule has 1 aromatic carbocycles. The Hall–Kier alpha value is -3.87. The molecular weight excluding hydrogens is 368 g/mol. The second-order valence-corrected chi connectivity index (χ2v) is 6.65. The Kier molecular flexibility index (Phi) is 5.11. The summed E-state index contributed by atoms with van der Waals surface area (Å²) >= 11 is 0. The van der Waals surface area contributed by atoms with Gasteiger partial charge in [0, 0.05) is 19.8 Å². The van der Waals surface area contributed by atoms with Gasteiger partial charge in [0.1, 0.15) is 5.76 Å². The number of fused-ring (bicyclic) bond motifs is 1. The number of nitrogens with zero attached hydrogens (tertiary/aromatic N) is 3. The lowest BCUT2D eigenvalue weighted by molar-refractivity contribution is 0.0772. The number of hydrogen-bond acceptors (Lipinski definition) is 4. The van der Waals surface area contributed by atoms with Crippen LogP contribution in [0.15, 0.2) is 77.5 Å². The summed E-state index contributed by atoms with van der Waals surface area (Å²) in [5, 5.41) is 2.78. The zero-order valence-electron chi connectivity index (χ0n) is 15.9. The van der Waals surface area contributed by atoms with Crippen LogP contribution in [0.5, 0.6) is 0 Å². The van der Waals surface area contributed by atoms with Gasteiger partial charge in [-0.05, 0) is 29.8 Å². The molecule has 4 aromatic rings. The number of hydrogen-bond donors (Lipinski definition) is 1. The van der Waals surface area contributed by atoms with Crippen molar-refractivity contribution >= 4 is 17.3 Å². The second kappa shape index (κ2) is 8.02. The molecule has 7 heteroatoms. The molecule has 0 saturated carbocycles. The van der Waals surface area contributed by atoms with Gasteiger partial charge in [0.05, 0.1) is 18.3 Å². The third-order valence-corrected chi connectivity index (χ3v) is 4.57. The summed E-state index contributed by atoms with van der Waals surface area (Å²) in [5.41, 5.74) is 1.79. The maximum Gasteiger partial charge on any atom is 0.290 e. The molecule has 2 amide bonds. The number of rotatable bonds is 6. The molecule has 29 heavy (non-hydrogen) atoms. The van der Waals surface area contributed by atoms with E-state index in [2.05, 4.69) is 10.3 Å². The number of nitrogens with one attached hydrogen (secondary N) is 1. The molecule has 0 aliphatic carbocycles. The minimum absolute atomic E-state index is 0.196. The molecule has 3 aromatic heterocycles. The van der Waals surface area contributed by atoms with Crippen molar-refractivity contribution in [3.8, 4) is 0 Å². The molecule has 0 radical (unpaired) electrons. The summed E-state index contributed by atoms with van der Waals surface area (Å²) in [6, 6.07) is 18.6. The van der Waals surface area contributed by atoms with Crippen molar-refractivity contribution in [1.82, 2.24) is 19.6 Å². The van der Waals surface area contributed by atoms with Crippen LogP contribution in [-0.2, 0) is 13.1 Å². The minimum atomic E-state index is -0.366.